The summed E-state index contributed by atoms with van der Waals surface area (Å²) in [4.78, 5) is 15.5. The Bertz CT molecular complexity index is 806. The number of halogens is 1. The number of rotatable bonds is 4. The molecule has 3 N–H and O–H groups in total. The number of hydrogen-bond acceptors (Lipinski definition) is 7. The zero-order valence-corrected chi connectivity index (χ0v) is 13.0. The molecule has 1 heterocycles. The topological polar surface area (TPSA) is 124 Å². The van der Waals surface area contributed by atoms with Gasteiger partial charge < -0.3 is 10.5 Å². The van der Waals surface area contributed by atoms with Crippen molar-refractivity contribution in [2.75, 3.05) is 12.3 Å². The van der Waals surface area contributed by atoms with E-state index in [9.17, 15) is 13.4 Å². The quantitative estimate of drug-likeness (QED) is 0.849. The predicted octanol–water partition coefficient (Wildman–Crippen LogP) is 0.791. The van der Waals surface area contributed by atoms with Crippen LogP contribution >= 0.6 is 0 Å². The summed E-state index contributed by atoms with van der Waals surface area (Å²) in [5.74, 6) is -0.686. The molecule has 1 aromatic heterocycles. The van der Waals surface area contributed by atoms with E-state index in [1.165, 1.54) is 24.3 Å². The molecule has 0 aliphatic heterocycles. The summed E-state index contributed by atoms with van der Waals surface area (Å²) in [5, 5.41) is 11.2. The molecule has 23 heavy (non-hydrogen) atoms. The Balaban J connectivity index is 2.31. The van der Waals surface area contributed by atoms with Crippen LogP contribution in [0.2, 0.25) is 0 Å². The molecule has 0 aliphatic rings. The van der Waals surface area contributed by atoms with Gasteiger partial charge in [0, 0.05) is 0 Å². The van der Waals surface area contributed by atoms with Crippen LogP contribution in [0.15, 0.2) is 29.4 Å². The Morgan fingerprint density at radius 3 is 2.70 bits per heavy atom. The fourth-order valence-electron chi connectivity index (χ4n) is 1.63. The summed E-state index contributed by atoms with van der Waals surface area (Å²) in [6.45, 7) is 1.68. The van der Waals surface area contributed by atoms with E-state index < -0.39 is 28.2 Å². The fraction of sp³-hybridized carbons (Fsp3) is 0.231. The largest absolute Gasteiger partial charge is 0.448 e. The van der Waals surface area contributed by atoms with E-state index in [0.717, 1.165) is 0 Å². The molecule has 2 aromatic rings. The van der Waals surface area contributed by atoms with E-state index in [1.54, 1.807) is 6.92 Å². The molecule has 0 bridgehead atoms. The van der Waals surface area contributed by atoms with Crippen LogP contribution in [0, 0.1) is 11.2 Å². The summed E-state index contributed by atoms with van der Waals surface area (Å²) in [6, 6.07) is 5.45. The molecule has 0 fully saturated rings. The Labute approximate surface area is 133 Å². The van der Waals surface area contributed by atoms with Gasteiger partial charge in [0.25, 0.3) is 0 Å². The number of hydrogen-bond donors (Lipinski definition) is 2. The van der Waals surface area contributed by atoms with Gasteiger partial charge >= 0.3 is 6.09 Å². The van der Waals surface area contributed by atoms with Gasteiger partial charge in [0.2, 0.25) is 5.16 Å². The maximum atomic E-state index is 12.9. The molecule has 8 nitrogen and oxygen atoms in total. The van der Waals surface area contributed by atoms with Gasteiger partial charge in [0.05, 0.1) is 23.2 Å². The predicted molar refractivity (Wildman–Crippen MR) is 79.2 cm³/mol. The minimum Gasteiger partial charge on any atom is -0.448 e. The molecule has 0 spiro atoms. The third kappa shape index (κ3) is 3.97. The van der Waals surface area contributed by atoms with Gasteiger partial charge in [0.1, 0.15) is 5.82 Å². The number of nitrogen functional groups attached to an aromatic ring is 1. The molecule has 0 amide bonds. The van der Waals surface area contributed by atoms with E-state index in [2.05, 4.69) is 10.1 Å². The molecule has 1 unspecified atom stereocenters. The van der Waals surface area contributed by atoms with Gasteiger partial charge in [-0.1, -0.05) is 12.1 Å². The first kappa shape index (κ1) is 16.7. The molecule has 10 heteroatoms. The summed E-state index contributed by atoms with van der Waals surface area (Å²) in [7, 11) is -1.73. The molecule has 1 aromatic carbocycles. The van der Waals surface area contributed by atoms with Crippen LogP contribution < -0.4 is 11.2 Å². The monoisotopic (exact) mass is 339 g/mol. The number of nitrogens with two attached hydrogens (primary N) is 1. The first-order valence-corrected chi connectivity index (χ1v) is 7.85. The van der Waals surface area contributed by atoms with E-state index >= 15 is 0 Å². The van der Waals surface area contributed by atoms with Crippen molar-refractivity contribution in [2.24, 2.45) is 0 Å². The van der Waals surface area contributed by atoms with Crippen LogP contribution in [0.1, 0.15) is 12.5 Å². The second-order valence-corrected chi connectivity index (χ2v) is 5.70. The van der Waals surface area contributed by atoms with Gasteiger partial charge in [-0.15, -0.1) is 9.78 Å². The Morgan fingerprint density at radius 2 is 2.09 bits per heavy atom. The Kier molecular flexibility index (Phi) is 5.16. The molecule has 122 valence electrons. The van der Waals surface area contributed by atoms with Crippen molar-refractivity contribution in [3.05, 3.63) is 41.1 Å². The van der Waals surface area contributed by atoms with Crippen LogP contribution in [0.5, 0.6) is 0 Å². The number of benzene rings is 1. The molecule has 1 atom stereocenters. The highest BCUT2D eigenvalue weighted by molar-refractivity contribution is 7.84. The number of carbonyl (C=O) groups is 1. The highest BCUT2D eigenvalue weighted by Gasteiger charge is 2.17. The molecule has 0 saturated heterocycles. The fourth-order valence-corrected chi connectivity index (χ4v) is 2.63. The van der Waals surface area contributed by atoms with E-state index in [1.807, 2.05) is 0 Å². The second kappa shape index (κ2) is 7.09. The van der Waals surface area contributed by atoms with Crippen molar-refractivity contribution in [1.82, 2.24) is 14.8 Å². The second-order valence-electron chi connectivity index (χ2n) is 4.36. The third-order valence-corrected chi connectivity index (χ3v) is 3.89. The van der Waals surface area contributed by atoms with Crippen LogP contribution in [-0.2, 0) is 21.3 Å². The van der Waals surface area contributed by atoms with Crippen LogP contribution in [0.3, 0.4) is 0 Å². The summed E-state index contributed by atoms with van der Waals surface area (Å²) in [6.07, 6.45) is -0.911. The average molecular weight is 339 g/mol. The minimum atomic E-state index is -1.73. The summed E-state index contributed by atoms with van der Waals surface area (Å²) < 4.78 is 30.5. The zero-order valence-electron chi connectivity index (χ0n) is 12.2. The highest BCUT2D eigenvalue weighted by Crippen LogP contribution is 2.09. The number of carbonyl (C=O) groups excluding carboxylic acids is 1. The first-order valence-electron chi connectivity index (χ1n) is 6.53. The zero-order chi connectivity index (χ0) is 17.0. The molecule has 0 aliphatic carbocycles. The number of anilines is 1. The van der Waals surface area contributed by atoms with E-state index in [4.69, 9.17) is 15.9 Å². The average Bonchev–Trinajstić information content (AvgIpc) is 2.52. The smallest absolute Gasteiger partial charge is 0.436 e. The lowest BCUT2D eigenvalue weighted by molar-refractivity contribution is 0.147. The summed E-state index contributed by atoms with van der Waals surface area (Å²) >= 11 is 0. The van der Waals surface area contributed by atoms with Crippen molar-refractivity contribution in [2.45, 2.75) is 17.8 Å². The van der Waals surface area contributed by atoms with Crippen molar-refractivity contribution in [3.63, 3.8) is 0 Å². The van der Waals surface area contributed by atoms with Crippen molar-refractivity contribution in [3.8, 4) is 0 Å². The lowest BCUT2D eigenvalue weighted by Crippen LogP contribution is -2.34. The number of nitrogens with zero attached hydrogens (tertiary/aromatic N) is 3. The Morgan fingerprint density at radius 1 is 1.43 bits per heavy atom. The van der Waals surface area contributed by atoms with Gasteiger partial charge in [-0.05, 0) is 24.6 Å². The molecule has 0 radical (unpaired) electrons. The normalized spacial score (nSPS) is 11.9. The third-order valence-electron chi connectivity index (χ3n) is 2.71. The maximum Gasteiger partial charge on any atom is 0.436 e. The lowest BCUT2D eigenvalue weighted by atomic mass is 10.2. The van der Waals surface area contributed by atoms with Crippen LogP contribution in [0.4, 0.5) is 15.0 Å². The summed E-state index contributed by atoms with van der Waals surface area (Å²) in [5.41, 5.74) is 5.70. The first-order chi connectivity index (χ1) is 10.9. The maximum absolute atomic E-state index is 12.9. The number of nitrogens with one attached hydrogen (secondary N) is 1. The van der Waals surface area contributed by atoms with Gasteiger partial charge in [-0.25, -0.2) is 9.18 Å². The van der Waals surface area contributed by atoms with Gasteiger partial charge in [-0.3, -0.25) is 9.62 Å². The minimum absolute atomic E-state index is 0.0138. The number of ether oxygens (including phenoxy) is 1. The molecular weight excluding hydrogens is 325 g/mol. The molecular formula is C13H14FN5O3S. The Hall–Kier alpha value is -2.62. The molecule has 2 rings (SSSR count). The van der Waals surface area contributed by atoms with Crippen molar-refractivity contribution < 1.29 is 18.1 Å². The van der Waals surface area contributed by atoms with Crippen LogP contribution in [-0.4, -0.2) is 31.7 Å². The number of aromatic nitrogens is 3. The van der Waals surface area contributed by atoms with Gasteiger partial charge in [-0.2, -0.15) is 4.98 Å². The van der Waals surface area contributed by atoms with E-state index in [0.29, 0.717) is 10.2 Å². The SMILES string of the molecule is CCOC(=O)n1nc(S(=O)Cc2ccc(F)cc2)nc(N)c1=N. The standard InChI is InChI=1S/C13H14FN5O3S/c1-2-22-13(20)19-11(16)10(15)17-12(18-19)23(21)7-8-3-5-9(14)6-4-8/h3-6,16H,2,7H2,1H3,(H2,15,17,18). The van der Waals surface area contributed by atoms with Crippen molar-refractivity contribution in [1.29, 1.82) is 5.41 Å². The molecule has 0 saturated carbocycles. The van der Waals surface area contributed by atoms with E-state index in [-0.39, 0.29) is 23.3 Å². The lowest BCUT2D eigenvalue weighted by Gasteiger charge is -2.08. The van der Waals surface area contributed by atoms with Crippen LogP contribution in [0.25, 0.3) is 0 Å². The highest BCUT2D eigenvalue weighted by atomic mass is 32.2. The van der Waals surface area contributed by atoms with Crippen molar-refractivity contribution >= 4 is 22.7 Å². The van der Waals surface area contributed by atoms with Gasteiger partial charge in [0.15, 0.2) is 11.3 Å².